The van der Waals surface area contributed by atoms with E-state index in [-0.39, 0.29) is 11.2 Å². The largest absolute Gasteiger partial charge is 0.497 e. The molecule has 1 aromatic heterocycles. The highest BCUT2D eigenvalue weighted by Gasteiger charge is 2.19. The molecule has 0 saturated heterocycles. The van der Waals surface area contributed by atoms with Gasteiger partial charge in [-0.1, -0.05) is 11.6 Å². The number of aromatic nitrogens is 1. The summed E-state index contributed by atoms with van der Waals surface area (Å²) in [4.78, 5) is 25.1. The van der Waals surface area contributed by atoms with E-state index < -0.39 is 12.0 Å². The first-order chi connectivity index (χ1) is 16.3. The van der Waals surface area contributed by atoms with Gasteiger partial charge in [-0.15, -0.1) is 0 Å². The van der Waals surface area contributed by atoms with Crippen molar-refractivity contribution >= 4 is 23.2 Å². The summed E-state index contributed by atoms with van der Waals surface area (Å²) < 4.78 is 23.6. The third kappa shape index (κ3) is 6.23. The Morgan fingerprint density at radius 2 is 1.76 bits per heavy atom. The van der Waals surface area contributed by atoms with E-state index in [9.17, 15) is 9.59 Å². The molecule has 1 amide bonds. The van der Waals surface area contributed by atoms with Crippen LogP contribution in [0.1, 0.15) is 12.6 Å². The van der Waals surface area contributed by atoms with Crippen LogP contribution >= 0.6 is 11.6 Å². The predicted molar refractivity (Wildman–Crippen MR) is 131 cm³/mol. The quantitative estimate of drug-likeness (QED) is 0.459. The number of pyridine rings is 1. The summed E-state index contributed by atoms with van der Waals surface area (Å²) in [5.41, 5.74) is 0.777. The summed E-state index contributed by atoms with van der Waals surface area (Å²) in [5.74, 6) is 1.65. The van der Waals surface area contributed by atoms with Crippen molar-refractivity contribution in [2.24, 2.45) is 0 Å². The molecule has 1 atom stereocenters. The van der Waals surface area contributed by atoms with Gasteiger partial charge in [0.2, 0.25) is 5.43 Å². The Bertz CT molecular complexity index is 1190. The second-order valence-corrected chi connectivity index (χ2v) is 7.82. The number of halogens is 1. The molecule has 0 saturated carbocycles. The van der Waals surface area contributed by atoms with E-state index in [4.69, 9.17) is 30.5 Å². The first kappa shape index (κ1) is 25.0. The van der Waals surface area contributed by atoms with Gasteiger partial charge in [0.15, 0.2) is 11.9 Å². The van der Waals surface area contributed by atoms with Gasteiger partial charge in [0.05, 0.1) is 31.5 Å². The van der Waals surface area contributed by atoms with E-state index in [1.807, 2.05) is 28.8 Å². The number of benzene rings is 2. The Kier molecular flexibility index (Phi) is 8.43. The molecular weight excluding hydrogens is 460 g/mol. The zero-order chi connectivity index (χ0) is 24.7. The van der Waals surface area contributed by atoms with Crippen molar-refractivity contribution in [2.75, 3.05) is 26.1 Å². The Morgan fingerprint density at radius 1 is 1.06 bits per heavy atom. The molecule has 0 fully saturated rings. The van der Waals surface area contributed by atoms with Gasteiger partial charge in [0, 0.05) is 18.0 Å². The monoisotopic (exact) mass is 486 g/mol. The van der Waals surface area contributed by atoms with Gasteiger partial charge in [-0.25, -0.2) is 0 Å². The predicted octanol–water partition coefficient (Wildman–Crippen LogP) is 4.31. The van der Waals surface area contributed by atoms with Gasteiger partial charge in [0.25, 0.3) is 5.91 Å². The topological polar surface area (TPSA) is 88.0 Å². The molecular formula is C25H27ClN2O6. The fourth-order valence-electron chi connectivity index (χ4n) is 3.19. The molecule has 180 valence electrons. The van der Waals surface area contributed by atoms with E-state index in [0.717, 1.165) is 5.75 Å². The Balaban J connectivity index is 1.63. The Morgan fingerprint density at radius 3 is 2.41 bits per heavy atom. The Labute approximate surface area is 203 Å². The van der Waals surface area contributed by atoms with Crippen molar-refractivity contribution in [2.45, 2.75) is 26.5 Å². The fourth-order valence-corrected chi connectivity index (χ4v) is 3.45. The summed E-state index contributed by atoms with van der Waals surface area (Å²) in [6.07, 6.45) is 0.755. The molecule has 3 rings (SSSR count). The van der Waals surface area contributed by atoms with E-state index in [0.29, 0.717) is 41.1 Å². The molecule has 0 bridgehead atoms. The smallest absolute Gasteiger partial charge is 0.265 e. The lowest BCUT2D eigenvalue weighted by Gasteiger charge is -2.19. The SMILES string of the molecule is COc1ccc(OCCn2ccc(=O)c(OC(C)C(=O)Nc3ccc(OC)c(Cl)c3)c2C)cc1. The molecule has 3 aromatic rings. The summed E-state index contributed by atoms with van der Waals surface area (Å²) >= 11 is 6.11. The molecule has 1 heterocycles. The van der Waals surface area contributed by atoms with Crippen LogP contribution in [0.3, 0.4) is 0 Å². The second-order valence-electron chi connectivity index (χ2n) is 7.41. The highest BCUT2D eigenvalue weighted by Crippen LogP contribution is 2.27. The lowest BCUT2D eigenvalue weighted by Crippen LogP contribution is -2.32. The average Bonchev–Trinajstić information content (AvgIpc) is 2.83. The van der Waals surface area contributed by atoms with Crippen LogP contribution in [0.25, 0.3) is 0 Å². The minimum Gasteiger partial charge on any atom is -0.497 e. The number of carbonyl (C=O) groups excluding carboxylic acids is 1. The number of ether oxygens (including phenoxy) is 4. The number of nitrogens with one attached hydrogen (secondary N) is 1. The van der Waals surface area contributed by atoms with Gasteiger partial charge in [-0.3, -0.25) is 9.59 Å². The highest BCUT2D eigenvalue weighted by atomic mass is 35.5. The van der Waals surface area contributed by atoms with Crippen LogP contribution in [-0.2, 0) is 11.3 Å². The first-order valence-corrected chi connectivity index (χ1v) is 11.0. The average molecular weight is 487 g/mol. The molecule has 8 nitrogen and oxygen atoms in total. The van der Waals surface area contributed by atoms with Gasteiger partial charge < -0.3 is 28.8 Å². The van der Waals surface area contributed by atoms with Crippen molar-refractivity contribution in [1.29, 1.82) is 0 Å². The van der Waals surface area contributed by atoms with Crippen LogP contribution in [0.5, 0.6) is 23.0 Å². The number of nitrogens with zero attached hydrogens (tertiary/aromatic N) is 1. The molecule has 2 aromatic carbocycles. The van der Waals surface area contributed by atoms with Crippen LogP contribution < -0.4 is 29.7 Å². The second kappa shape index (κ2) is 11.5. The number of hydrogen-bond donors (Lipinski definition) is 1. The summed E-state index contributed by atoms with van der Waals surface area (Å²) in [6, 6.07) is 13.6. The number of hydrogen-bond acceptors (Lipinski definition) is 6. The zero-order valence-electron chi connectivity index (χ0n) is 19.5. The van der Waals surface area contributed by atoms with E-state index in [1.165, 1.54) is 13.2 Å². The third-order valence-electron chi connectivity index (χ3n) is 5.13. The van der Waals surface area contributed by atoms with Crippen molar-refractivity contribution in [3.8, 4) is 23.0 Å². The third-order valence-corrected chi connectivity index (χ3v) is 5.43. The maximum absolute atomic E-state index is 12.6. The van der Waals surface area contributed by atoms with Crippen LogP contribution in [-0.4, -0.2) is 37.4 Å². The summed E-state index contributed by atoms with van der Waals surface area (Å²) in [5, 5.41) is 3.09. The highest BCUT2D eigenvalue weighted by molar-refractivity contribution is 6.32. The zero-order valence-corrected chi connectivity index (χ0v) is 20.2. The maximum atomic E-state index is 12.6. The Hall–Kier alpha value is -3.65. The van der Waals surface area contributed by atoms with E-state index in [1.54, 1.807) is 45.4 Å². The molecule has 1 unspecified atom stereocenters. The lowest BCUT2D eigenvalue weighted by molar-refractivity contribution is -0.122. The number of carbonyl (C=O) groups is 1. The van der Waals surface area contributed by atoms with Gasteiger partial charge >= 0.3 is 0 Å². The molecule has 0 spiro atoms. The molecule has 0 radical (unpaired) electrons. The molecule has 0 aliphatic carbocycles. The minimum atomic E-state index is -0.918. The summed E-state index contributed by atoms with van der Waals surface area (Å²) in [7, 11) is 3.11. The molecule has 9 heteroatoms. The normalized spacial score (nSPS) is 11.4. The van der Waals surface area contributed by atoms with Crippen molar-refractivity contribution in [3.63, 3.8) is 0 Å². The summed E-state index contributed by atoms with van der Waals surface area (Å²) in [6.45, 7) is 4.20. The van der Waals surface area contributed by atoms with Crippen LogP contribution in [0.4, 0.5) is 5.69 Å². The molecule has 34 heavy (non-hydrogen) atoms. The first-order valence-electron chi connectivity index (χ1n) is 10.6. The fraction of sp³-hybridized carbons (Fsp3) is 0.280. The molecule has 0 aliphatic heterocycles. The van der Waals surface area contributed by atoms with Crippen LogP contribution in [0.2, 0.25) is 5.02 Å². The van der Waals surface area contributed by atoms with Crippen LogP contribution in [0.15, 0.2) is 59.5 Å². The van der Waals surface area contributed by atoms with Gasteiger partial charge in [-0.2, -0.15) is 0 Å². The van der Waals surface area contributed by atoms with Crippen LogP contribution in [0, 0.1) is 6.92 Å². The van der Waals surface area contributed by atoms with Crippen molar-refractivity contribution in [3.05, 3.63) is 75.7 Å². The minimum absolute atomic E-state index is 0.113. The molecule has 0 aliphatic rings. The van der Waals surface area contributed by atoms with Crippen molar-refractivity contribution < 1.29 is 23.7 Å². The maximum Gasteiger partial charge on any atom is 0.265 e. The lowest BCUT2D eigenvalue weighted by atomic mass is 10.2. The number of methoxy groups -OCH3 is 2. The van der Waals surface area contributed by atoms with Gasteiger partial charge in [-0.05, 0) is 56.3 Å². The standard InChI is InChI=1S/C25H27ClN2O6/c1-16-24(34-17(2)25(30)27-18-5-10-23(32-4)21(26)15-18)22(29)11-12-28(16)13-14-33-20-8-6-19(31-3)7-9-20/h5-12,15,17H,13-14H2,1-4H3,(H,27,30). The van der Waals surface area contributed by atoms with E-state index >= 15 is 0 Å². The molecule has 1 N–H and O–H groups in total. The van der Waals surface area contributed by atoms with Gasteiger partial charge in [0.1, 0.15) is 23.9 Å². The number of anilines is 1. The van der Waals surface area contributed by atoms with E-state index in [2.05, 4.69) is 5.32 Å². The number of rotatable bonds is 10. The van der Waals surface area contributed by atoms with Crippen molar-refractivity contribution in [1.82, 2.24) is 4.57 Å². The number of amides is 1.